The van der Waals surface area contributed by atoms with Gasteiger partial charge in [0.1, 0.15) is 35.5 Å². The van der Waals surface area contributed by atoms with Gasteiger partial charge in [0.05, 0.1) is 35.5 Å². The molecule has 1 aliphatic rings. The largest absolute Gasteiger partial charge is 0.488 e. The van der Waals surface area contributed by atoms with Gasteiger partial charge in [-0.3, -0.25) is 4.98 Å². The predicted molar refractivity (Wildman–Crippen MR) is 125 cm³/mol. The minimum Gasteiger partial charge on any atom is -0.488 e. The number of nitriles is 1. The monoisotopic (exact) mass is 476 g/mol. The summed E-state index contributed by atoms with van der Waals surface area (Å²) in [5, 5.41) is 28.5. The van der Waals surface area contributed by atoms with Crippen LogP contribution in [0.1, 0.15) is 36.4 Å². The molecule has 1 N–H and O–H groups in total. The first-order valence-electron chi connectivity index (χ1n) is 11.4. The molecule has 0 bridgehead atoms. The summed E-state index contributed by atoms with van der Waals surface area (Å²) in [6, 6.07) is 6.69. The normalized spacial score (nSPS) is 15.3. The molecule has 1 aromatic carbocycles. The van der Waals surface area contributed by atoms with Gasteiger partial charge in [-0.05, 0) is 44.0 Å². The number of aliphatic hydroxyl groups is 1. The number of rotatable bonds is 6. The van der Waals surface area contributed by atoms with Crippen molar-refractivity contribution >= 4 is 11.0 Å². The third-order valence-electron chi connectivity index (χ3n) is 6.42. The standard InChI is InChI=1S/C24H25FN8O2/c1-15-23(29-30-33(15)18-5-7-32(13-26)8-6-18)16-9-20-24(31(2)14-28-20)22(10-16)35-12-21(34)19-4-3-17(25)11-27-19/h3-4,9-11,14,18,21,34H,5-8,12H2,1-2H3. The zero-order chi connectivity index (χ0) is 24.5. The maximum absolute atomic E-state index is 13.2. The molecule has 0 saturated carbocycles. The molecular formula is C24H25FN8O2. The first-order chi connectivity index (χ1) is 16.9. The fourth-order valence-corrected chi connectivity index (χ4v) is 4.50. The maximum atomic E-state index is 13.2. The molecule has 10 nitrogen and oxygen atoms in total. The third-order valence-corrected chi connectivity index (χ3v) is 6.42. The van der Waals surface area contributed by atoms with Crippen molar-refractivity contribution in [2.24, 2.45) is 7.05 Å². The molecule has 35 heavy (non-hydrogen) atoms. The Bertz CT molecular complexity index is 1380. The van der Waals surface area contributed by atoms with E-state index in [-0.39, 0.29) is 12.6 Å². The van der Waals surface area contributed by atoms with Crippen LogP contribution in [0.5, 0.6) is 5.75 Å². The van der Waals surface area contributed by atoms with Crippen LogP contribution in [0, 0.1) is 24.2 Å². The lowest BCUT2D eigenvalue weighted by molar-refractivity contribution is 0.105. The van der Waals surface area contributed by atoms with Crippen LogP contribution in [0.2, 0.25) is 0 Å². The zero-order valence-corrected chi connectivity index (χ0v) is 19.5. The van der Waals surface area contributed by atoms with Gasteiger partial charge in [-0.15, -0.1) is 5.10 Å². The molecule has 4 heterocycles. The second kappa shape index (κ2) is 9.31. The summed E-state index contributed by atoms with van der Waals surface area (Å²) >= 11 is 0. The number of pyridine rings is 1. The highest BCUT2D eigenvalue weighted by molar-refractivity contribution is 5.87. The van der Waals surface area contributed by atoms with Gasteiger partial charge < -0.3 is 19.3 Å². The zero-order valence-electron chi connectivity index (χ0n) is 19.5. The molecule has 180 valence electrons. The Hall–Kier alpha value is -4.04. The molecule has 0 amide bonds. The highest BCUT2D eigenvalue weighted by Gasteiger charge is 2.24. The number of benzene rings is 1. The van der Waals surface area contributed by atoms with Crippen molar-refractivity contribution in [3.8, 4) is 23.2 Å². The lowest BCUT2D eigenvalue weighted by Gasteiger charge is -2.28. The summed E-state index contributed by atoms with van der Waals surface area (Å²) in [4.78, 5) is 10.2. The fraction of sp³-hybridized carbons (Fsp3) is 0.375. The molecule has 4 aromatic rings. The molecule has 1 saturated heterocycles. The first-order valence-corrected chi connectivity index (χ1v) is 11.4. The van der Waals surface area contributed by atoms with Crippen molar-refractivity contribution in [1.82, 2.24) is 34.4 Å². The van der Waals surface area contributed by atoms with Crippen LogP contribution in [0.4, 0.5) is 4.39 Å². The van der Waals surface area contributed by atoms with E-state index in [1.165, 1.54) is 12.1 Å². The fourth-order valence-electron chi connectivity index (χ4n) is 4.50. The number of ether oxygens (including phenoxy) is 1. The number of aryl methyl sites for hydroxylation is 1. The smallest absolute Gasteiger partial charge is 0.179 e. The molecule has 1 atom stereocenters. The summed E-state index contributed by atoms with van der Waals surface area (Å²) in [6.07, 6.45) is 5.61. The van der Waals surface area contributed by atoms with E-state index >= 15 is 0 Å². The van der Waals surface area contributed by atoms with Gasteiger partial charge in [-0.1, -0.05) is 5.21 Å². The van der Waals surface area contributed by atoms with Crippen LogP contribution < -0.4 is 4.74 Å². The number of hydrogen-bond acceptors (Lipinski definition) is 8. The second-order valence-corrected chi connectivity index (χ2v) is 8.71. The predicted octanol–water partition coefficient (Wildman–Crippen LogP) is 2.90. The average Bonchev–Trinajstić information content (AvgIpc) is 3.45. The van der Waals surface area contributed by atoms with Gasteiger partial charge in [0, 0.05) is 25.7 Å². The molecule has 1 fully saturated rings. The molecular weight excluding hydrogens is 451 g/mol. The number of halogens is 1. The van der Waals surface area contributed by atoms with Crippen molar-refractivity contribution < 1.29 is 14.2 Å². The lowest BCUT2D eigenvalue weighted by atomic mass is 10.0. The molecule has 1 unspecified atom stereocenters. The number of aromatic nitrogens is 6. The van der Waals surface area contributed by atoms with Crippen LogP contribution in [-0.2, 0) is 7.05 Å². The van der Waals surface area contributed by atoms with Gasteiger partial charge in [0.25, 0.3) is 0 Å². The number of imidazole rings is 1. The summed E-state index contributed by atoms with van der Waals surface area (Å²) in [7, 11) is 1.87. The summed E-state index contributed by atoms with van der Waals surface area (Å²) in [5.74, 6) is 0.0696. The number of piperidine rings is 1. The van der Waals surface area contributed by atoms with Gasteiger partial charge in [0.2, 0.25) is 0 Å². The van der Waals surface area contributed by atoms with Crippen molar-refractivity contribution in [2.45, 2.75) is 31.9 Å². The topological polar surface area (TPSA) is 118 Å². The second-order valence-electron chi connectivity index (χ2n) is 8.71. The molecule has 0 aliphatic carbocycles. The third kappa shape index (κ3) is 4.40. The number of likely N-dealkylation sites (tertiary alicyclic amines) is 1. The van der Waals surface area contributed by atoms with Crippen LogP contribution in [0.15, 0.2) is 36.8 Å². The Morgan fingerprint density at radius 1 is 1.26 bits per heavy atom. The van der Waals surface area contributed by atoms with Gasteiger partial charge in [0.15, 0.2) is 6.19 Å². The Balaban J connectivity index is 1.43. The van der Waals surface area contributed by atoms with E-state index < -0.39 is 11.9 Å². The molecule has 1 aliphatic heterocycles. The van der Waals surface area contributed by atoms with E-state index in [1.54, 1.807) is 11.2 Å². The molecule has 3 aromatic heterocycles. The summed E-state index contributed by atoms with van der Waals surface area (Å²) < 4.78 is 23.0. The van der Waals surface area contributed by atoms with Gasteiger partial charge >= 0.3 is 0 Å². The minimum absolute atomic E-state index is 0.0640. The van der Waals surface area contributed by atoms with E-state index in [4.69, 9.17) is 10.00 Å². The van der Waals surface area contributed by atoms with Crippen molar-refractivity contribution in [1.29, 1.82) is 5.26 Å². The van der Waals surface area contributed by atoms with E-state index in [0.717, 1.165) is 47.0 Å². The van der Waals surface area contributed by atoms with E-state index in [1.807, 2.05) is 35.4 Å². The van der Waals surface area contributed by atoms with Crippen molar-refractivity contribution in [2.75, 3.05) is 19.7 Å². The number of fused-ring (bicyclic) bond motifs is 1. The Morgan fingerprint density at radius 2 is 2.06 bits per heavy atom. The van der Waals surface area contributed by atoms with E-state index in [9.17, 15) is 9.50 Å². The Kier molecular flexibility index (Phi) is 6.05. The Labute approximate surface area is 201 Å². The van der Waals surface area contributed by atoms with Crippen LogP contribution in [0.25, 0.3) is 22.3 Å². The molecule has 5 rings (SSSR count). The molecule has 0 spiro atoms. The maximum Gasteiger partial charge on any atom is 0.179 e. The average molecular weight is 477 g/mol. The Morgan fingerprint density at radius 3 is 2.77 bits per heavy atom. The number of hydrogen-bond donors (Lipinski definition) is 1. The van der Waals surface area contributed by atoms with Gasteiger partial charge in [-0.2, -0.15) is 5.26 Å². The van der Waals surface area contributed by atoms with E-state index in [0.29, 0.717) is 24.5 Å². The minimum atomic E-state index is -1.02. The first kappa shape index (κ1) is 22.7. The summed E-state index contributed by atoms with van der Waals surface area (Å²) in [5.41, 5.74) is 4.29. The highest BCUT2D eigenvalue weighted by Crippen LogP contribution is 2.34. The highest BCUT2D eigenvalue weighted by atomic mass is 19.1. The van der Waals surface area contributed by atoms with Gasteiger partial charge in [-0.25, -0.2) is 14.1 Å². The summed E-state index contributed by atoms with van der Waals surface area (Å²) in [6.45, 7) is 3.34. The number of aliphatic hydroxyl groups excluding tert-OH is 1. The van der Waals surface area contributed by atoms with Crippen molar-refractivity contribution in [3.63, 3.8) is 0 Å². The van der Waals surface area contributed by atoms with Crippen molar-refractivity contribution in [3.05, 3.63) is 54.0 Å². The molecule has 0 radical (unpaired) electrons. The SMILES string of the molecule is Cc1c(-c2cc(OCC(O)c3ccc(F)cn3)c3c(c2)ncn3C)nnn1C1CCN(C#N)CC1. The number of nitrogens with zero attached hydrogens (tertiary/aromatic N) is 8. The molecule has 11 heteroatoms. The quantitative estimate of drug-likeness (QED) is 0.422. The van der Waals surface area contributed by atoms with Crippen LogP contribution in [0.3, 0.4) is 0 Å². The lowest BCUT2D eigenvalue weighted by Crippen LogP contribution is -2.31. The van der Waals surface area contributed by atoms with E-state index in [2.05, 4.69) is 26.5 Å². The van der Waals surface area contributed by atoms with Crippen LogP contribution >= 0.6 is 0 Å². The van der Waals surface area contributed by atoms with Crippen LogP contribution in [-0.4, -0.2) is 59.2 Å².